The van der Waals surface area contributed by atoms with Gasteiger partial charge in [-0.05, 0) is 36.4 Å². The molecule has 2 N–H and O–H groups in total. The zero-order valence-corrected chi connectivity index (χ0v) is 10.7. The van der Waals surface area contributed by atoms with Crippen LogP contribution in [0.4, 0.5) is 0 Å². The highest BCUT2D eigenvalue weighted by molar-refractivity contribution is 5.81. The molecule has 0 radical (unpaired) electrons. The molecule has 0 amide bonds. The molecule has 0 saturated carbocycles. The number of phenols is 1. The van der Waals surface area contributed by atoms with Crippen molar-refractivity contribution < 1.29 is 9.84 Å². The van der Waals surface area contributed by atoms with Gasteiger partial charge in [0.15, 0.2) is 11.5 Å². The number of rotatable bonds is 2. The highest BCUT2D eigenvalue weighted by atomic mass is 16.5. The number of H-pyrrole nitrogens is 1. The van der Waals surface area contributed by atoms with Gasteiger partial charge >= 0.3 is 0 Å². The molecule has 5 nitrogen and oxygen atoms in total. The Morgan fingerprint density at radius 2 is 2.10 bits per heavy atom. The number of nitrogens with one attached hydrogen (secondary N) is 1. The van der Waals surface area contributed by atoms with Crippen LogP contribution in [-0.2, 0) is 0 Å². The van der Waals surface area contributed by atoms with Gasteiger partial charge in [0.1, 0.15) is 5.82 Å². The first-order valence-electron chi connectivity index (χ1n) is 5.98. The summed E-state index contributed by atoms with van der Waals surface area (Å²) < 4.78 is 5.08. The highest BCUT2D eigenvalue weighted by Gasteiger charge is 2.09. The van der Waals surface area contributed by atoms with Crippen LogP contribution >= 0.6 is 0 Å². The summed E-state index contributed by atoms with van der Waals surface area (Å²) in [5.74, 6) is 1.13. The molecule has 5 heteroatoms. The molecule has 1 heterocycles. The van der Waals surface area contributed by atoms with E-state index in [4.69, 9.17) is 10.00 Å². The van der Waals surface area contributed by atoms with E-state index in [1.807, 2.05) is 0 Å². The van der Waals surface area contributed by atoms with E-state index in [0.29, 0.717) is 17.1 Å². The highest BCUT2D eigenvalue weighted by Crippen LogP contribution is 2.31. The molecular formula is C15H11N3O2. The molecule has 0 saturated heterocycles. The second-order valence-electron chi connectivity index (χ2n) is 4.32. The van der Waals surface area contributed by atoms with E-state index in [1.165, 1.54) is 7.11 Å². The van der Waals surface area contributed by atoms with Gasteiger partial charge in [-0.1, -0.05) is 0 Å². The van der Waals surface area contributed by atoms with Gasteiger partial charge in [0, 0.05) is 5.56 Å². The molecule has 2 aromatic carbocycles. The van der Waals surface area contributed by atoms with Crippen LogP contribution in [0.25, 0.3) is 22.4 Å². The molecule has 1 aromatic heterocycles. The number of phenolic OH excluding ortho intramolecular Hbond substituents is 1. The molecule has 0 aliphatic heterocycles. The van der Waals surface area contributed by atoms with Crippen LogP contribution in [0.15, 0.2) is 36.4 Å². The first-order chi connectivity index (χ1) is 9.71. The van der Waals surface area contributed by atoms with Crippen molar-refractivity contribution in [3.8, 4) is 29.0 Å². The average Bonchev–Trinajstić information content (AvgIpc) is 2.90. The van der Waals surface area contributed by atoms with Gasteiger partial charge in [0.05, 0.1) is 29.8 Å². The lowest BCUT2D eigenvalue weighted by Gasteiger charge is -2.04. The van der Waals surface area contributed by atoms with E-state index in [2.05, 4.69) is 16.0 Å². The second-order valence-corrected chi connectivity index (χ2v) is 4.32. The number of nitriles is 1. The molecule has 0 aliphatic rings. The number of aromatic amines is 1. The van der Waals surface area contributed by atoms with Crippen molar-refractivity contribution in [3.05, 3.63) is 42.0 Å². The number of aromatic nitrogens is 2. The molecule has 0 bridgehead atoms. The maximum absolute atomic E-state index is 9.60. The number of fused-ring (bicyclic) bond motifs is 1. The van der Waals surface area contributed by atoms with Gasteiger partial charge < -0.3 is 14.8 Å². The lowest BCUT2D eigenvalue weighted by atomic mass is 10.2. The molecule has 0 atom stereocenters. The second kappa shape index (κ2) is 4.59. The predicted octanol–water partition coefficient (Wildman–Crippen LogP) is 2.82. The molecule has 0 aliphatic carbocycles. The fraction of sp³-hybridized carbons (Fsp3) is 0.0667. The number of aromatic hydroxyl groups is 1. The molecule has 3 aromatic rings. The first kappa shape index (κ1) is 12.1. The third-order valence-corrected chi connectivity index (χ3v) is 3.06. The minimum absolute atomic E-state index is 0.0825. The number of ether oxygens (including phenoxy) is 1. The topological polar surface area (TPSA) is 81.9 Å². The van der Waals surface area contributed by atoms with Gasteiger partial charge in [0.2, 0.25) is 0 Å². The normalized spacial score (nSPS) is 10.4. The summed E-state index contributed by atoms with van der Waals surface area (Å²) in [7, 11) is 1.50. The molecule has 0 spiro atoms. The number of methoxy groups -OCH3 is 1. The van der Waals surface area contributed by atoms with Crippen molar-refractivity contribution in [1.29, 1.82) is 5.26 Å². The summed E-state index contributed by atoms with van der Waals surface area (Å²) in [5.41, 5.74) is 2.96. The number of imidazole rings is 1. The Bertz CT molecular complexity index is 831. The standard InChI is InChI=1S/C15H11N3O2/c1-20-14-7-10(3-5-13(14)19)15-17-11-4-2-9(8-16)6-12(11)18-15/h2-7,19H,1H3,(H,17,18). The van der Waals surface area contributed by atoms with Gasteiger partial charge in [0.25, 0.3) is 0 Å². The van der Waals surface area contributed by atoms with Crippen LogP contribution in [-0.4, -0.2) is 22.2 Å². The molecular weight excluding hydrogens is 254 g/mol. The Labute approximate surface area is 115 Å². The maximum atomic E-state index is 9.60. The lowest BCUT2D eigenvalue weighted by molar-refractivity contribution is 0.373. The van der Waals surface area contributed by atoms with Crippen LogP contribution in [0.3, 0.4) is 0 Å². The minimum atomic E-state index is 0.0825. The van der Waals surface area contributed by atoms with Crippen LogP contribution in [0, 0.1) is 11.3 Å². The first-order valence-corrected chi connectivity index (χ1v) is 5.98. The number of nitrogens with zero attached hydrogens (tertiary/aromatic N) is 2. The largest absolute Gasteiger partial charge is 0.504 e. The fourth-order valence-electron chi connectivity index (χ4n) is 2.04. The average molecular weight is 265 g/mol. The summed E-state index contributed by atoms with van der Waals surface area (Å²) in [5, 5.41) is 18.5. The van der Waals surface area contributed by atoms with E-state index < -0.39 is 0 Å². The maximum Gasteiger partial charge on any atom is 0.161 e. The molecule has 3 rings (SSSR count). The van der Waals surface area contributed by atoms with Crippen LogP contribution < -0.4 is 4.74 Å². The number of hydrogen-bond acceptors (Lipinski definition) is 4. The number of benzene rings is 2. The Morgan fingerprint density at radius 3 is 2.85 bits per heavy atom. The lowest BCUT2D eigenvalue weighted by Crippen LogP contribution is -1.86. The van der Waals surface area contributed by atoms with E-state index in [9.17, 15) is 5.11 Å². The van der Waals surface area contributed by atoms with Crippen LogP contribution in [0.5, 0.6) is 11.5 Å². The van der Waals surface area contributed by atoms with Crippen molar-refractivity contribution >= 4 is 11.0 Å². The molecule has 0 fully saturated rings. The van der Waals surface area contributed by atoms with E-state index in [-0.39, 0.29) is 5.75 Å². The monoisotopic (exact) mass is 265 g/mol. The van der Waals surface area contributed by atoms with Gasteiger partial charge in [-0.3, -0.25) is 0 Å². The van der Waals surface area contributed by atoms with Gasteiger partial charge in [-0.15, -0.1) is 0 Å². The Balaban J connectivity index is 2.12. The zero-order valence-electron chi connectivity index (χ0n) is 10.7. The summed E-state index contributed by atoms with van der Waals surface area (Å²) in [6.07, 6.45) is 0. The van der Waals surface area contributed by atoms with Crippen LogP contribution in [0.1, 0.15) is 5.56 Å². The summed E-state index contributed by atoms with van der Waals surface area (Å²) in [4.78, 5) is 7.62. The third-order valence-electron chi connectivity index (χ3n) is 3.06. The Morgan fingerprint density at radius 1 is 1.25 bits per heavy atom. The quantitative estimate of drug-likeness (QED) is 0.746. The van der Waals surface area contributed by atoms with Crippen molar-refractivity contribution in [1.82, 2.24) is 9.97 Å². The minimum Gasteiger partial charge on any atom is -0.504 e. The fourth-order valence-corrected chi connectivity index (χ4v) is 2.04. The molecule has 98 valence electrons. The smallest absolute Gasteiger partial charge is 0.161 e. The molecule has 0 unspecified atom stereocenters. The van der Waals surface area contributed by atoms with Gasteiger partial charge in [-0.25, -0.2) is 4.98 Å². The van der Waals surface area contributed by atoms with Crippen LogP contribution in [0.2, 0.25) is 0 Å². The summed E-state index contributed by atoms with van der Waals surface area (Å²) >= 11 is 0. The van der Waals surface area contributed by atoms with Crippen molar-refractivity contribution in [2.75, 3.05) is 7.11 Å². The van der Waals surface area contributed by atoms with Crippen molar-refractivity contribution in [3.63, 3.8) is 0 Å². The predicted molar refractivity (Wildman–Crippen MR) is 74.5 cm³/mol. The third kappa shape index (κ3) is 1.93. The zero-order chi connectivity index (χ0) is 14.1. The SMILES string of the molecule is COc1cc(-c2nc3ccc(C#N)cc3[nH]2)ccc1O. The summed E-state index contributed by atoms with van der Waals surface area (Å²) in [6, 6.07) is 12.4. The van der Waals surface area contributed by atoms with Gasteiger partial charge in [-0.2, -0.15) is 5.26 Å². The summed E-state index contributed by atoms with van der Waals surface area (Å²) in [6.45, 7) is 0. The molecule has 20 heavy (non-hydrogen) atoms. The van der Waals surface area contributed by atoms with Crippen molar-refractivity contribution in [2.24, 2.45) is 0 Å². The van der Waals surface area contributed by atoms with E-state index in [1.54, 1.807) is 36.4 Å². The Kier molecular flexibility index (Phi) is 2.77. The van der Waals surface area contributed by atoms with Crippen molar-refractivity contribution in [2.45, 2.75) is 0 Å². The van der Waals surface area contributed by atoms with E-state index >= 15 is 0 Å². The van der Waals surface area contributed by atoms with E-state index in [0.717, 1.165) is 16.6 Å². The Hall–Kier alpha value is -3.00. The number of hydrogen-bond donors (Lipinski definition) is 2.